The quantitative estimate of drug-likeness (QED) is 0.128. The second kappa shape index (κ2) is 17.1. The molecule has 1 saturated carbocycles. The normalized spacial score (nSPS) is 14.3. The molecule has 0 spiro atoms. The first-order valence-corrected chi connectivity index (χ1v) is 11.8. The van der Waals surface area contributed by atoms with Gasteiger partial charge in [-0.2, -0.15) is 0 Å². The van der Waals surface area contributed by atoms with Crippen LogP contribution in [0.3, 0.4) is 0 Å². The van der Waals surface area contributed by atoms with Crippen LogP contribution in [0.15, 0.2) is 0 Å². The third-order valence-corrected chi connectivity index (χ3v) is 6.02. The molecule has 1 fully saturated rings. The van der Waals surface area contributed by atoms with Crippen molar-refractivity contribution in [3.8, 4) is 0 Å². The Labute approximate surface area is 180 Å². The Morgan fingerprint density at radius 1 is 0.786 bits per heavy atom. The van der Waals surface area contributed by atoms with Crippen molar-refractivity contribution in [2.45, 2.75) is 122 Å². The molecule has 5 heteroatoms. The molecule has 0 heterocycles. The number of hydrogen-bond donors (Lipinski definition) is 3. The Balaban J connectivity index is 0.00000729. The standard InChI is InChI=1S/C23H45N3O.ClH/c1-2-3-4-5-6-7-8-9-10-11-12-13-14-15-16-17-20-26-22(27)23(18-19-23)21(24)25;/h2-20H2,1H3,(H3,24,25)(H,26,27);1H. The van der Waals surface area contributed by atoms with Crippen molar-refractivity contribution in [1.82, 2.24) is 5.32 Å². The third-order valence-electron chi connectivity index (χ3n) is 6.02. The lowest BCUT2D eigenvalue weighted by Crippen LogP contribution is -2.40. The largest absolute Gasteiger partial charge is 0.387 e. The van der Waals surface area contributed by atoms with Crippen LogP contribution in [0.2, 0.25) is 0 Å². The van der Waals surface area contributed by atoms with Crippen molar-refractivity contribution in [1.29, 1.82) is 5.41 Å². The predicted molar refractivity (Wildman–Crippen MR) is 123 cm³/mol. The highest BCUT2D eigenvalue weighted by Crippen LogP contribution is 2.45. The number of nitrogens with two attached hydrogens (primary N) is 1. The highest BCUT2D eigenvalue weighted by Gasteiger charge is 2.52. The summed E-state index contributed by atoms with van der Waals surface area (Å²) in [5, 5.41) is 10.5. The summed E-state index contributed by atoms with van der Waals surface area (Å²) < 4.78 is 0. The molecule has 1 amide bonds. The van der Waals surface area contributed by atoms with Gasteiger partial charge in [0.1, 0.15) is 11.3 Å². The Morgan fingerprint density at radius 3 is 1.46 bits per heavy atom. The summed E-state index contributed by atoms with van der Waals surface area (Å²) in [6.07, 6.45) is 23.2. The summed E-state index contributed by atoms with van der Waals surface area (Å²) in [5.41, 5.74) is 4.88. The summed E-state index contributed by atoms with van der Waals surface area (Å²) in [5.74, 6) is 0.00272. The topological polar surface area (TPSA) is 79.0 Å². The maximum atomic E-state index is 12.0. The van der Waals surface area contributed by atoms with Gasteiger partial charge in [-0.05, 0) is 19.3 Å². The second-order valence-electron chi connectivity index (χ2n) is 8.55. The minimum absolute atomic E-state index is 0. The fourth-order valence-electron chi connectivity index (χ4n) is 3.79. The highest BCUT2D eigenvalue weighted by molar-refractivity contribution is 6.08. The van der Waals surface area contributed by atoms with Gasteiger partial charge in [0.05, 0.1) is 0 Å². The fraction of sp³-hybridized carbons (Fsp3) is 0.913. The SMILES string of the molecule is CCCCCCCCCCCCCCCCCCNC(=O)C1(C(=N)N)CC1.Cl. The first kappa shape index (κ1) is 27.2. The van der Waals surface area contributed by atoms with Crippen molar-refractivity contribution < 1.29 is 4.79 Å². The second-order valence-corrected chi connectivity index (χ2v) is 8.55. The van der Waals surface area contributed by atoms with Crippen LogP contribution < -0.4 is 11.1 Å². The molecule has 1 rings (SSSR count). The van der Waals surface area contributed by atoms with Gasteiger partial charge in [-0.15, -0.1) is 12.4 Å². The first-order chi connectivity index (χ1) is 13.1. The van der Waals surface area contributed by atoms with Gasteiger partial charge in [-0.25, -0.2) is 0 Å². The number of carbonyl (C=O) groups is 1. The van der Waals surface area contributed by atoms with E-state index in [2.05, 4.69) is 12.2 Å². The molecule has 0 aliphatic heterocycles. The summed E-state index contributed by atoms with van der Waals surface area (Å²) in [7, 11) is 0. The Bertz CT molecular complexity index is 411. The summed E-state index contributed by atoms with van der Waals surface area (Å²) >= 11 is 0. The monoisotopic (exact) mass is 415 g/mol. The van der Waals surface area contributed by atoms with Crippen LogP contribution in [0.25, 0.3) is 0 Å². The van der Waals surface area contributed by atoms with Crippen LogP contribution in [0.4, 0.5) is 0 Å². The maximum absolute atomic E-state index is 12.0. The minimum atomic E-state index is -0.644. The number of unbranched alkanes of at least 4 members (excludes halogenated alkanes) is 15. The summed E-state index contributed by atoms with van der Waals surface area (Å²) in [6.45, 7) is 3.01. The van der Waals surface area contributed by atoms with Crippen molar-refractivity contribution in [3.05, 3.63) is 0 Å². The van der Waals surface area contributed by atoms with E-state index in [0.29, 0.717) is 0 Å². The van der Waals surface area contributed by atoms with E-state index in [9.17, 15) is 4.79 Å². The minimum Gasteiger partial charge on any atom is -0.387 e. The van der Waals surface area contributed by atoms with Gasteiger partial charge >= 0.3 is 0 Å². The van der Waals surface area contributed by atoms with Gasteiger partial charge in [-0.3, -0.25) is 10.2 Å². The van der Waals surface area contributed by atoms with Gasteiger partial charge in [0.15, 0.2) is 0 Å². The summed E-state index contributed by atoms with van der Waals surface area (Å²) in [4.78, 5) is 12.0. The Morgan fingerprint density at radius 2 is 1.14 bits per heavy atom. The van der Waals surface area contributed by atoms with Crippen LogP contribution in [-0.2, 0) is 4.79 Å². The zero-order chi connectivity index (χ0) is 19.8. The van der Waals surface area contributed by atoms with E-state index in [0.717, 1.165) is 25.8 Å². The molecule has 0 atom stereocenters. The number of hydrogen-bond acceptors (Lipinski definition) is 2. The molecule has 0 aromatic rings. The van der Waals surface area contributed by atoms with Crippen LogP contribution in [0, 0.1) is 10.8 Å². The van der Waals surface area contributed by atoms with E-state index in [-0.39, 0.29) is 24.1 Å². The molecular formula is C23H46ClN3O. The van der Waals surface area contributed by atoms with E-state index >= 15 is 0 Å². The van der Waals surface area contributed by atoms with Crippen LogP contribution in [0.5, 0.6) is 0 Å². The molecule has 0 unspecified atom stereocenters. The predicted octanol–water partition coefficient (Wildman–Crippen LogP) is 6.50. The number of amides is 1. The van der Waals surface area contributed by atoms with E-state index in [1.807, 2.05) is 0 Å². The van der Waals surface area contributed by atoms with E-state index in [1.165, 1.54) is 96.3 Å². The Hall–Kier alpha value is -0.770. The van der Waals surface area contributed by atoms with Crippen molar-refractivity contribution in [3.63, 3.8) is 0 Å². The molecule has 1 aliphatic carbocycles. The lowest BCUT2D eigenvalue weighted by Gasteiger charge is -2.13. The molecular weight excluding hydrogens is 370 g/mol. The third kappa shape index (κ3) is 11.9. The lowest BCUT2D eigenvalue weighted by atomic mass is 10.0. The van der Waals surface area contributed by atoms with Gasteiger partial charge in [0.25, 0.3) is 0 Å². The van der Waals surface area contributed by atoms with E-state index in [1.54, 1.807) is 0 Å². The highest BCUT2D eigenvalue weighted by atomic mass is 35.5. The fourth-order valence-corrected chi connectivity index (χ4v) is 3.79. The van der Waals surface area contributed by atoms with Crippen molar-refractivity contribution >= 4 is 24.1 Å². The average molecular weight is 416 g/mol. The average Bonchev–Trinajstić information content (AvgIpc) is 3.46. The van der Waals surface area contributed by atoms with Gasteiger partial charge in [0.2, 0.25) is 5.91 Å². The van der Waals surface area contributed by atoms with Crippen molar-refractivity contribution in [2.24, 2.45) is 11.1 Å². The van der Waals surface area contributed by atoms with Gasteiger partial charge < -0.3 is 11.1 Å². The number of carbonyl (C=O) groups excluding carboxylic acids is 1. The van der Waals surface area contributed by atoms with E-state index < -0.39 is 5.41 Å². The zero-order valence-electron chi connectivity index (χ0n) is 18.3. The molecule has 28 heavy (non-hydrogen) atoms. The zero-order valence-corrected chi connectivity index (χ0v) is 19.1. The van der Waals surface area contributed by atoms with Crippen LogP contribution in [0.1, 0.15) is 122 Å². The van der Waals surface area contributed by atoms with Crippen LogP contribution >= 0.6 is 12.4 Å². The Kier molecular flexibility index (Phi) is 16.6. The number of nitrogens with one attached hydrogen (secondary N) is 2. The molecule has 1 aliphatic rings. The first-order valence-electron chi connectivity index (χ1n) is 11.8. The molecule has 0 aromatic carbocycles. The van der Waals surface area contributed by atoms with Gasteiger partial charge in [-0.1, -0.05) is 103 Å². The summed E-state index contributed by atoms with van der Waals surface area (Å²) in [6, 6.07) is 0. The number of amidine groups is 1. The smallest absolute Gasteiger partial charge is 0.233 e. The molecule has 4 N–H and O–H groups in total. The molecule has 4 nitrogen and oxygen atoms in total. The van der Waals surface area contributed by atoms with Crippen LogP contribution in [-0.4, -0.2) is 18.3 Å². The molecule has 0 aromatic heterocycles. The molecule has 0 radical (unpaired) electrons. The maximum Gasteiger partial charge on any atom is 0.233 e. The molecule has 0 saturated heterocycles. The van der Waals surface area contributed by atoms with Gasteiger partial charge in [0, 0.05) is 6.54 Å². The van der Waals surface area contributed by atoms with Crippen molar-refractivity contribution in [2.75, 3.05) is 6.54 Å². The van der Waals surface area contributed by atoms with E-state index in [4.69, 9.17) is 11.1 Å². The molecule has 166 valence electrons. The number of halogens is 1. The lowest BCUT2D eigenvalue weighted by molar-refractivity contribution is -0.124. The number of rotatable bonds is 19. The molecule has 0 bridgehead atoms.